The molecule has 0 aromatic heterocycles. The number of ether oxygens (including phenoxy) is 3. The van der Waals surface area contributed by atoms with E-state index in [0.717, 1.165) is 0 Å². The zero-order chi connectivity index (χ0) is 21.0. The Hall–Kier alpha value is -3.13. The van der Waals surface area contributed by atoms with Crippen LogP contribution in [0.1, 0.15) is 19.4 Å². The lowest BCUT2D eigenvalue weighted by Crippen LogP contribution is -2.41. The van der Waals surface area contributed by atoms with Crippen LogP contribution in [0.4, 0.5) is 5.69 Å². The molecule has 1 N–H and O–H groups in total. The molecule has 150 valence electrons. The van der Waals surface area contributed by atoms with E-state index < -0.39 is 17.7 Å². The van der Waals surface area contributed by atoms with Gasteiger partial charge in [0.05, 0.1) is 0 Å². The van der Waals surface area contributed by atoms with Gasteiger partial charge in [0, 0.05) is 29.6 Å². The molecule has 1 saturated heterocycles. The Morgan fingerprint density at radius 2 is 1.76 bits per heavy atom. The Bertz CT molecular complexity index is 962. The van der Waals surface area contributed by atoms with Gasteiger partial charge in [-0.15, -0.1) is 0 Å². The Kier molecular flexibility index (Phi) is 6.03. The number of hydrogen-bond donors (Lipinski definition) is 1. The third-order valence-electron chi connectivity index (χ3n) is 3.80. The van der Waals surface area contributed by atoms with Gasteiger partial charge in [-0.3, -0.25) is 4.79 Å². The fourth-order valence-electron chi connectivity index (χ4n) is 2.56. The van der Waals surface area contributed by atoms with Crippen molar-refractivity contribution < 1.29 is 28.6 Å². The summed E-state index contributed by atoms with van der Waals surface area (Å²) in [6.07, 6.45) is 1.31. The van der Waals surface area contributed by atoms with E-state index >= 15 is 0 Å². The lowest BCUT2D eigenvalue weighted by atomic mass is 10.1. The third kappa shape index (κ3) is 5.45. The van der Waals surface area contributed by atoms with Crippen LogP contribution in [0.15, 0.2) is 58.6 Å². The number of nitrogens with one attached hydrogen (secondary N) is 1. The minimum atomic E-state index is -1.32. The molecular formula is C21H18BrNO6. The molecule has 1 aliphatic heterocycles. The lowest BCUT2D eigenvalue weighted by molar-refractivity contribution is -0.222. The van der Waals surface area contributed by atoms with E-state index in [2.05, 4.69) is 21.2 Å². The second-order valence-electron chi connectivity index (χ2n) is 6.62. The standard InChI is InChI=1S/C21H18BrNO6/c1-21(2)28-19(25)16(20(26)29-21)11-13-10-14(22)8-9-17(13)27-12-18(24)23-15-6-4-3-5-7-15/h3-11H,12H2,1-2H3,(H,23,24). The highest BCUT2D eigenvalue weighted by molar-refractivity contribution is 9.10. The van der Waals surface area contributed by atoms with Crippen molar-refractivity contribution in [1.82, 2.24) is 0 Å². The largest absolute Gasteiger partial charge is 0.483 e. The van der Waals surface area contributed by atoms with Crippen molar-refractivity contribution in [1.29, 1.82) is 0 Å². The average molecular weight is 460 g/mol. The van der Waals surface area contributed by atoms with Gasteiger partial charge in [0.25, 0.3) is 11.7 Å². The van der Waals surface area contributed by atoms with Gasteiger partial charge in [0.15, 0.2) is 6.61 Å². The summed E-state index contributed by atoms with van der Waals surface area (Å²) in [6, 6.07) is 14.0. The predicted molar refractivity (Wildman–Crippen MR) is 109 cm³/mol. The van der Waals surface area contributed by atoms with Gasteiger partial charge in [0.1, 0.15) is 11.3 Å². The summed E-state index contributed by atoms with van der Waals surface area (Å²) >= 11 is 3.34. The maximum absolute atomic E-state index is 12.2. The molecule has 2 aromatic rings. The molecule has 0 aliphatic carbocycles. The predicted octanol–water partition coefficient (Wildman–Crippen LogP) is 3.69. The number of esters is 2. The number of carbonyl (C=O) groups is 3. The molecule has 1 fully saturated rings. The van der Waals surface area contributed by atoms with Crippen LogP contribution < -0.4 is 10.1 Å². The van der Waals surface area contributed by atoms with E-state index in [4.69, 9.17) is 14.2 Å². The molecular weight excluding hydrogens is 442 g/mol. The van der Waals surface area contributed by atoms with Crippen molar-refractivity contribution in [3.8, 4) is 5.75 Å². The van der Waals surface area contributed by atoms with Crippen molar-refractivity contribution in [3.05, 3.63) is 64.1 Å². The molecule has 0 spiro atoms. The van der Waals surface area contributed by atoms with Crippen LogP contribution >= 0.6 is 15.9 Å². The maximum atomic E-state index is 12.2. The fraction of sp³-hybridized carbons (Fsp3) is 0.190. The monoisotopic (exact) mass is 459 g/mol. The highest BCUT2D eigenvalue weighted by Crippen LogP contribution is 2.29. The summed E-state index contributed by atoms with van der Waals surface area (Å²) in [7, 11) is 0. The Morgan fingerprint density at radius 3 is 2.41 bits per heavy atom. The second-order valence-corrected chi connectivity index (χ2v) is 7.54. The number of benzene rings is 2. The van der Waals surface area contributed by atoms with Gasteiger partial charge in [-0.25, -0.2) is 9.59 Å². The molecule has 29 heavy (non-hydrogen) atoms. The van der Waals surface area contributed by atoms with E-state index in [1.165, 1.54) is 19.9 Å². The van der Waals surface area contributed by atoms with Crippen molar-refractivity contribution in [2.24, 2.45) is 0 Å². The molecule has 8 heteroatoms. The van der Waals surface area contributed by atoms with Gasteiger partial charge >= 0.3 is 11.9 Å². The van der Waals surface area contributed by atoms with E-state index in [9.17, 15) is 14.4 Å². The van der Waals surface area contributed by atoms with Crippen LogP contribution in [0.25, 0.3) is 6.08 Å². The smallest absolute Gasteiger partial charge is 0.348 e. The number of rotatable bonds is 5. The van der Waals surface area contributed by atoms with Crippen molar-refractivity contribution in [3.63, 3.8) is 0 Å². The van der Waals surface area contributed by atoms with E-state index in [0.29, 0.717) is 21.5 Å². The number of cyclic esters (lactones) is 2. The van der Waals surface area contributed by atoms with Crippen LogP contribution in [-0.4, -0.2) is 30.2 Å². The van der Waals surface area contributed by atoms with E-state index in [1.54, 1.807) is 42.5 Å². The molecule has 0 unspecified atom stereocenters. The highest BCUT2D eigenvalue weighted by Gasteiger charge is 2.39. The first-order valence-electron chi connectivity index (χ1n) is 8.69. The molecule has 1 amide bonds. The SMILES string of the molecule is CC1(C)OC(=O)C(=Cc2cc(Br)ccc2OCC(=O)Nc2ccccc2)C(=O)O1. The molecule has 2 aromatic carbocycles. The third-order valence-corrected chi connectivity index (χ3v) is 4.30. The summed E-state index contributed by atoms with van der Waals surface area (Å²) < 4.78 is 16.5. The highest BCUT2D eigenvalue weighted by atomic mass is 79.9. The minimum absolute atomic E-state index is 0.255. The van der Waals surface area contributed by atoms with Crippen LogP contribution in [-0.2, 0) is 23.9 Å². The Balaban J connectivity index is 1.77. The summed E-state index contributed by atoms with van der Waals surface area (Å²) in [5, 5.41) is 2.71. The molecule has 1 aliphatic rings. The lowest BCUT2D eigenvalue weighted by Gasteiger charge is -2.29. The maximum Gasteiger partial charge on any atom is 0.348 e. The van der Waals surface area contributed by atoms with Crippen LogP contribution in [0.5, 0.6) is 5.75 Å². The zero-order valence-corrected chi connectivity index (χ0v) is 17.3. The number of hydrogen-bond acceptors (Lipinski definition) is 6. The molecule has 7 nitrogen and oxygen atoms in total. The molecule has 0 saturated carbocycles. The van der Waals surface area contributed by atoms with Gasteiger partial charge in [-0.1, -0.05) is 34.1 Å². The fourth-order valence-corrected chi connectivity index (χ4v) is 2.94. The number of halogens is 1. The van der Waals surface area contributed by atoms with Crippen molar-refractivity contribution in [2.45, 2.75) is 19.6 Å². The molecule has 0 radical (unpaired) electrons. The van der Waals surface area contributed by atoms with Crippen LogP contribution in [0.2, 0.25) is 0 Å². The number of anilines is 1. The summed E-state index contributed by atoms with van der Waals surface area (Å²) in [6.45, 7) is 2.69. The average Bonchev–Trinajstić information content (AvgIpc) is 2.64. The number of amides is 1. The van der Waals surface area contributed by atoms with Crippen molar-refractivity contribution >= 4 is 45.5 Å². The normalized spacial score (nSPS) is 15.2. The van der Waals surface area contributed by atoms with Crippen LogP contribution in [0.3, 0.4) is 0 Å². The first-order chi connectivity index (χ1) is 13.7. The molecule has 0 atom stereocenters. The quantitative estimate of drug-likeness (QED) is 0.416. The first-order valence-corrected chi connectivity index (χ1v) is 9.48. The number of para-hydroxylation sites is 1. The molecule has 3 rings (SSSR count). The van der Waals surface area contributed by atoms with Gasteiger partial charge in [-0.2, -0.15) is 0 Å². The van der Waals surface area contributed by atoms with Gasteiger partial charge < -0.3 is 19.5 Å². The minimum Gasteiger partial charge on any atom is -0.483 e. The summed E-state index contributed by atoms with van der Waals surface area (Å²) in [5.41, 5.74) is 0.797. The Labute approximate surface area is 175 Å². The topological polar surface area (TPSA) is 90.9 Å². The number of carbonyl (C=O) groups excluding carboxylic acids is 3. The molecule has 1 heterocycles. The molecule has 0 bridgehead atoms. The van der Waals surface area contributed by atoms with E-state index in [-0.39, 0.29) is 18.1 Å². The van der Waals surface area contributed by atoms with Gasteiger partial charge in [-0.05, 0) is 36.4 Å². The first kappa shape index (κ1) is 20.6. The van der Waals surface area contributed by atoms with Crippen LogP contribution in [0, 0.1) is 0 Å². The van der Waals surface area contributed by atoms with Crippen molar-refractivity contribution in [2.75, 3.05) is 11.9 Å². The van der Waals surface area contributed by atoms with Gasteiger partial charge in [0.2, 0.25) is 0 Å². The Morgan fingerprint density at radius 1 is 1.10 bits per heavy atom. The summed E-state index contributed by atoms with van der Waals surface area (Å²) in [5.74, 6) is -2.94. The summed E-state index contributed by atoms with van der Waals surface area (Å²) in [4.78, 5) is 36.5. The van der Waals surface area contributed by atoms with E-state index in [1.807, 2.05) is 6.07 Å². The zero-order valence-electron chi connectivity index (χ0n) is 15.7. The second kappa shape index (κ2) is 8.48.